The lowest BCUT2D eigenvalue weighted by atomic mass is 10.1. The third-order valence-corrected chi connectivity index (χ3v) is 2.76. The zero-order valence-electron chi connectivity index (χ0n) is 9.16. The molecule has 2 aromatic rings. The summed E-state index contributed by atoms with van der Waals surface area (Å²) in [6.45, 7) is 3.73. The molecule has 0 saturated heterocycles. The molecule has 0 saturated carbocycles. The van der Waals surface area contributed by atoms with Gasteiger partial charge in [0.05, 0.1) is 12.5 Å². The molecule has 1 aromatic carbocycles. The lowest BCUT2D eigenvalue weighted by Gasteiger charge is -2.07. The van der Waals surface area contributed by atoms with E-state index >= 15 is 0 Å². The van der Waals surface area contributed by atoms with Crippen molar-refractivity contribution in [3.8, 4) is 0 Å². The molecule has 0 bridgehead atoms. The third-order valence-electron chi connectivity index (χ3n) is 2.53. The number of rotatable bonds is 4. The van der Waals surface area contributed by atoms with Crippen LogP contribution in [0.1, 0.15) is 16.7 Å². The van der Waals surface area contributed by atoms with E-state index in [2.05, 4.69) is 18.3 Å². The van der Waals surface area contributed by atoms with Crippen molar-refractivity contribution in [1.82, 2.24) is 5.32 Å². The van der Waals surface area contributed by atoms with E-state index in [9.17, 15) is 0 Å². The number of furan rings is 1. The number of nitrogens with one attached hydrogen (secondary N) is 1. The van der Waals surface area contributed by atoms with Gasteiger partial charge in [-0.2, -0.15) is 0 Å². The van der Waals surface area contributed by atoms with Gasteiger partial charge in [0.1, 0.15) is 0 Å². The molecule has 0 aliphatic heterocycles. The average molecular weight is 236 g/mol. The molecule has 0 aliphatic carbocycles. The molecule has 0 fully saturated rings. The highest BCUT2D eigenvalue weighted by atomic mass is 35.5. The summed E-state index contributed by atoms with van der Waals surface area (Å²) < 4.78 is 5.00. The van der Waals surface area contributed by atoms with Crippen LogP contribution in [0, 0.1) is 6.92 Å². The van der Waals surface area contributed by atoms with E-state index in [0.29, 0.717) is 0 Å². The van der Waals surface area contributed by atoms with Gasteiger partial charge in [0.2, 0.25) is 0 Å². The van der Waals surface area contributed by atoms with Crippen LogP contribution in [-0.4, -0.2) is 0 Å². The SMILES string of the molecule is Cc1cc(Cl)ccc1CNCc1ccoc1. The standard InChI is InChI=1S/C13H14ClNO/c1-10-6-13(14)3-2-12(10)8-15-7-11-4-5-16-9-11/h2-6,9,15H,7-8H2,1H3. The fourth-order valence-electron chi connectivity index (χ4n) is 1.59. The number of halogens is 1. The maximum absolute atomic E-state index is 5.90. The van der Waals surface area contributed by atoms with Crippen LogP contribution >= 0.6 is 11.6 Å². The van der Waals surface area contributed by atoms with Gasteiger partial charge in [-0.25, -0.2) is 0 Å². The second-order valence-corrected chi connectivity index (χ2v) is 4.24. The highest BCUT2D eigenvalue weighted by Gasteiger charge is 1.99. The Kier molecular flexibility index (Phi) is 3.65. The molecule has 2 nitrogen and oxygen atoms in total. The summed E-state index contributed by atoms with van der Waals surface area (Å²) >= 11 is 5.90. The van der Waals surface area contributed by atoms with Gasteiger partial charge in [-0.3, -0.25) is 0 Å². The average Bonchev–Trinajstić information content (AvgIpc) is 2.74. The molecule has 3 heteroatoms. The number of hydrogen-bond acceptors (Lipinski definition) is 2. The predicted octanol–water partition coefficient (Wildman–Crippen LogP) is 3.53. The Labute approximate surface area is 100 Å². The van der Waals surface area contributed by atoms with Crippen LogP contribution in [0.15, 0.2) is 41.2 Å². The molecule has 0 radical (unpaired) electrons. The van der Waals surface area contributed by atoms with E-state index in [0.717, 1.165) is 23.7 Å². The Bertz CT molecular complexity index is 451. The third kappa shape index (κ3) is 2.87. The van der Waals surface area contributed by atoms with E-state index in [1.165, 1.54) is 11.1 Å². The fraction of sp³-hybridized carbons (Fsp3) is 0.231. The maximum atomic E-state index is 5.90. The largest absolute Gasteiger partial charge is 0.472 e. The number of aryl methyl sites for hydroxylation is 1. The topological polar surface area (TPSA) is 25.2 Å². The lowest BCUT2D eigenvalue weighted by Crippen LogP contribution is -2.12. The normalized spacial score (nSPS) is 10.6. The van der Waals surface area contributed by atoms with Crippen LogP contribution in [0.3, 0.4) is 0 Å². The Morgan fingerprint density at radius 3 is 2.81 bits per heavy atom. The molecule has 1 aromatic heterocycles. The lowest BCUT2D eigenvalue weighted by molar-refractivity contribution is 0.560. The first kappa shape index (κ1) is 11.2. The van der Waals surface area contributed by atoms with Crippen LogP contribution in [0.4, 0.5) is 0 Å². The Morgan fingerprint density at radius 2 is 2.12 bits per heavy atom. The van der Waals surface area contributed by atoms with Crippen molar-refractivity contribution >= 4 is 11.6 Å². The summed E-state index contributed by atoms with van der Waals surface area (Å²) in [4.78, 5) is 0. The van der Waals surface area contributed by atoms with Crippen molar-refractivity contribution in [3.63, 3.8) is 0 Å². The minimum Gasteiger partial charge on any atom is -0.472 e. The van der Waals surface area contributed by atoms with Crippen molar-refractivity contribution in [2.24, 2.45) is 0 Å². The predicted molar refractivity (Wildman–Crippen MR) is 65.4 cm³/mol. The first-order valence-electron chi connectivity index (χ1n) is 5.22. The number of benzene rings is 1. The molecule has 0 unspecified atom stereocenters. The summed E-state index contributed by atoms with van der Waals surface area (Å²) in [6.07, 6.45) is 3.44. The first-order chi connectivity index (χ1) is 7.75. The summed E-state index contributed by atoms with van der Waals surface area (Å²) in [5.74, 6) is 0. The Morgan fingerprint density at radius 1 is 1.25 bits per heavy atom. The fourth-order valence-corrected chi connectivity index (χ4v) is 1.82. The van der Waals surface area contributed by atoms with Crippen LogP contribution in [-0.2, 0) is 13.1 Å². The van der Waals surface area contributed by atoms with Crippen LogP contribution in [0.5, 0.6) is 0 Å². The van der Waals surface area contributed by atoms with Crippen molar-refractivity contribution in [2.45, 2.75) is 20.0 Å². The van der Waals surface area contributed by atoms with Gasteiger partial charge in [0.15, 0.2) is 0 Å². The van der Waals surface area contributed by atoms with Crippen molar-refractivity contribution < 1.29 is 4.42 Å². The van der Waals surface area contributed by atoms with Crippen molar-refractivity contribution in [3.05, 3.63) is 58.5 Å². The first-order valence-corrected chi connectivity index (χ1v) is 5.60. The van der Waals surface area contributed by atoms with E-state index in [1.807, 2.05) is 18.2 Å². The summed E-state index contributed by atoms with van der Waals surface area (Å²) in [6, 6.07) is 7.92. The molecular formula is C13H14ClNO. The van der Waals surface area contributed by atoms with E-state index in [1.54, 1.807) is 12.5 Å². The van der Waals surface area contributed by atoms with E-state index in [4.69, 9.17) is 16.0 Å². The molecule has 1 heterocycles. The molecule has 0 atom stereocenters. The molecule has 16 heavy (non-hydrogen) atoms. The smallest absolute Gasteiger partial charge is 0.0947 e. The molecular weight excluding hydrogens is 222 g/mol. The second kappa shape index (κ2) is 5.19. The maximum Gasteiger partial charge on any atom is 0.0947 e. The minimum absolute atomic E-state index is 0.788. The van der Waals surface area contributed by atoms with Gasteiger partial charge in [0, 0.05) is 23.7 Å². The van der Waals surface area contributed by atoms with Crippen molar-refractivity contribution in [1.29, 1.82) is 0 Å². The molecule has 1 N–H and O–H groups in total. The van der Waals surface area contributed by atoms with E-state index < -0.39 is 0 Å². The number of hydrogen-bond donors (Lipinski definition) is 1. The summed E-state index contributed by atoms with van der Waals surface area (Å²) in [7, 11) is 0. The molecule has 2 rings (SSSR count). The highest BCUT2D eigenvalue weighted by Crippen LogP contribution is 2.15. The second-order valence-electron chi connectivity index (χ2n) is 3.81. The Hall–Kier alpha value is -1.25. The van der Waals surface area contributed by atoms with Gasteiger partial charge in [0.25, 0.3) is 0 Å². The molecule has 84 valence electrons. The van der Waals surface area contributed by atoms with E-state index in [-0.39, 0.29) is 0 Å². The van der Waals surface area contributed by atoms with Gasteiger partial charge in [-0.1, -0.05) is 17.7 Å². The highest BCUT2D eigenvalue weighted by molar-refractivity contribution is 6.30. The summed E-state index contributed by atoms with van der Waals surface area (Å²) in [5, 5.41) is 4.15. The van der Waals surface area contributed by atoms with Crippen LogP contribution < -0.4 is 5.32 Å². The summed E-state index contributed by atoms with van der Waals surface area (Å²) in [5.41, 5.74) is 3.65. The van der Waals surface area contributed by atoms with Gasteiger partial charge in [-0.15, -0.1) is 0 Å². The minimum atomic E-state index is 0.788. The zero-order valence-corrected chi connectivity index (χ0v) is 9.92. The quantitative estimate of drug-likeness (QED) is 0.877. The van der Waals surface area contributed by atoms with Crippen LogP contribution in [0.2, 0.25) is 5.02 Å². The monoisotopic (exact) mass is 235 g/mol. The zero-order chi connectivity index (χ0) is 11.4. The molecule has 0 aliphatic rings. The molecule has 0 spiro atoms. The van der Waals surface area contributed by atoms with Gasteiger partial charge < -0.3 is 9.73 Å². The van der Waals surface area contributed by atoms with Gasteiger partial charge in [-0.05, 0) is 36.2 Å². The van der Waals surface area contributed by atoms with Gasteiger partial charge >= 0.3 is 0 Å². The van der Waals surface area contributed by atoms with Crippen molar-refractivity contribution in [2.75, 3.05) is 0 Å². The molecule has 0 amide bonds. The van der Waals surface area contributed by atoms with Crippen LogP contribution in [0.25, 0.3) is 0 Å². The Balaban J connectivity index is 1.90.